The lowest BCUT2D eigenvalue weighted by molar-refractivity contribution is -0.130. The maximum Gasteiger partial charge on any atom is 0.245 e. The quantitative estimate of drug-likeness (QED) is 0.857. The molecule has 1 aliphatic rings. The number of carbonyl (C=O) groups excluding carboxylic acids is 2. The van der Waals surface area contributed by atoms with Gasteiger partial charge in [-0.25, -0.2) is 4.39 Å². The third kappa shape index (κ3) is 3.82. The number of benzene rings is 1. The largest absolute Gasteiger partial charge is 0.338 e. The number of anilines is 1. The topological polar surface area (TPSA) is 67.2 Å². The Bertz CT molecular complexity index is 829. The van der Waals surface area contributed by atoms with Gasteiger partial charge in [-0.1, -0.05) is 6.58 Å². The predicted molar refractivity (Wildman–Crippen MR) is 96.7 cm³/mol. The van der Waals surface area contributed by atoms with E-state index in [0.717, 1.165) is 24.1 Å². The van der Waals surface area contributed by atoms with Crippen LogP contribution in [0.2, 0.25) is 0 Å². The zero-order valence-corrected chi connectivity index (χ0v) is 14.6. The van der Waals surface area contributed by atoms with Gasteiger partial charge in [-0.15, -0.1) is 0 Å². The fourth-order valence-corrected chi connectivity index (χ4v) is 3.17. The Morgan fingerprint density at radius 2 is 2.08 bits per heavy atom. The average molecular weight is 356 g/mol. The summed E-state index contributed by atoms with van der Waals surface area (Å²) in [5.74, 6) is -0.456. The maximum absolute atomic E-state index is 13.1. The van der Waals surface area contributed by atoms with Crippen molar-refractivity contribution in [1.29, 1.82) is 0 Å². The van der Waals surface area contributed by atoms with Gasteiger partial charge in [-0.3, -0.25) is 14.3 Å². The van der Waals surface area contributed by atoms with Crippen molar-refractivity contribution in [1.82, 2.24) is 14.7 Å². The third-order valence-corrected chi connectivity index (χ3v) is 4.55. The summed E-state index contributed by atoms with van der Waals surface area (Å²) >= 11 is 0. The average Bonchev–Trinajstić information content (AvgIpc) is 3.01. The molecule has 1 N–H and O–H groups in total. The first-order valence-corrected chi connectivity index (χ1v) is 8.50. The van der Waals surface area contributed by atoms with E-state index < -0.39 is 0 Å². The number of amides is 2. The van der Waals surface area contributed by atoms with E-state index in [1.165, 1.54) is 18.2 Å². The second kappa shape index (κ2) is 7.51. The minimum absolute atomic E-state index is 0.154. The molecule has 1 unspecified atom stereocenters. The molecule has 0 spiro atoms. The van der Waals surface area contributed by atoms with E-state index in [4.69, 9.17) is 0 Å². The summed E-state index contributed by atoms with van der Waals surface area (Å²) in [7, 11) is 1.76. The molecule has 1 aliphatic heterocycles. The summed E-state index contributed by atoms with van der Waals surface area (Å²) in [6, 6.07) is 7.85. The van der Waals surface area contributed by atoms with Crippen LogP contribution in [-0.4, -0.2) is 39.6 Å². The zero-order valence-electron chi connectivity index (χ0n) is 14.6. The lowest BCUT2D eigenvalue weighted by Crippen LogP contribution is -2.43. The van der Waals surface area contributed by atoms with Crippen LogP contribution in [0.4, 0.5) is 10.2 Å². The highest BCUT2D eigenvalue weighted by molar-refractivity contribution is 5.93. The highest BCUT2D eigenvalue weighted by Gasteiger charge is 2.28. The van der Waals surface area contributed by atoms with Crippen LogP contribution in [0.5, 0.6) is 0 Å². The second-order valence-corrected chi connectivity index (χ2v) is 6.36. The molecule has 6 nitrogen and oxygen atoms in total. The van der Waals surface area contributed by atoms with E-state index >= 15 is 0 Å². The summed E-state index contributed by atoms with van der Waals surface area (Å²) in [4.78, 5) is 25.9. The van der Waals surface area contributed by atoms with Crippen LogP contribution in [0.3, 0.4) is 0 Å². The fourth-order valence-electron chi connectivity index (χ4n) is 3.17. The normalized spacial score (nSPS) is 17.0. The van der Waals surface area contributed by atoms with E-state index in [1.54, 1.807) is 34.8 Å². The number of aryl methyl sites for hydroxylation is 1. The summed E-state index contributed by atoms with van der Waals surface area (Å²) in [5.41, 5.74) is 1.58. The third-order valence-electron chi connectivity index (χ3n) is 4.55. The number of nitrogens with one attached hydrogen (secondary N) is 1. The van der Waals surface area contributed by atoms with Crippen molar-refractivity contribution in [2.45, 2.75) is 12.8 Å². The Labute approximate surface area is 151 Å². The molecule has 2 heterocycles. The Kier molecular flexibility index (Phi) is 5.16. The number of nitrogens with zero attached hydrogens (tertiary/aromatic N) is 3. The van der Waals surface area contributed by atoms with Crippen LogP contribution in [-0.2, 0) is 16.6 Å². The van der Waals surface area contributed by atoms with Gasteiger partial charge in [0.1, 0.15) is 5.82 Å². The molecular weight excluding hydrogens is 335 g/mol. The predicted octanol–water partition coefficient (Wildman–Crippen LogP) is 2.59. The van der Waals surface area contributed by atoms with E-state index in [-0.39, 0.29) is 23.5 Å². The summed E-state index contributed by atoms with van der Waals surface area (Å²) in [6.45, 7) is 4.52. The maximum atomic E-state index is 13.1. The molecule has 3 rings (SSSR count). The van der Waals surface area contributed by atoms with Gasteiger partial charge in [0.2, 0.25) is 11.8 Å². The molecule has 0 bridgehead atoms. The van der Waals surface area contributed by atoms with Gasteiger partial charge in [0.15, 0.2) is 5.82 Å². The van der Waals surface area contributed by atoms with Gasteiger partial charge < -0.3 is 10.2 Å². The molecule has 136 valence electrons. The Hall–Kier alpha value is -2.96. The lowest BCUT2D eigenvalue weighted by atomic mass is 9.97. The number of rotatable bonds is 4. The zero-order chi connectivity index (χ0) is 18.7. The molecule has 0 aliphatic carbocycles. The molecular formula is C19H21FN4O2. The first-order chi connectivity index (χ1) is 12.5. The van der Waals surface area contributed by atoms with Crippen molar-refractivity contribution in [2.75, 3.05) is 18.4 Å². The standard InChI is InChI=1S/C19H21FN4O2/c1-3-18(25)24-10-4-5-14(12-24)19(26)21-17-11-16(23(2)22-17)13-6-8-15(20)9-7-13/h3,6-9,11,14H,1,4-5,10,12H2,2H3,(H,21,22,26). The summed E-state index contributed by atoms with van der Waals surface area (Å²) < 4.78 is 14.7. The second-order valence-electron chi connectivity index (χ2n) is 6.36. The Balaban J connectivity index is 1.70. The van der Waals surface area contributed by atoms with E-state index in [0.29, 0.717) is 18.9 Å². The van der Waals surface area contributed by atoms with Gasteiger partial charge >= 0.3 is 0 Å². The van der Waals surface area contributed by atoms with Crippen molar-refractivity contribution in [3.8, 4) is 11.3 Å². The van der Waals surface area contributed by atoms with Crippen molar-refractivity contribution in [3.63, 3.8) is 0 Å². The number of piperidine rings is 1. The monoisotopic (exact) mass is 356 g/mol. The van der Waals surface area contributed by atoms with Crippen LogP contribution < -0.4 is 5.32 Å². The van der Waals surface area contributed by atoms with Gasteiger partial charge in [0, 0.05) is 31.8 Å². The summed E-state index contributed by atoms with van der Waals surface area (Å²) in [6.07, 6.45) is 2.78. The fraction of sp³-hybridized carbons (Fsp3) is 0.316. The molecule has 2 amide bonds. The van der Waals surface area contributed by atoms with Crippen molar-refractivity contribution in [3.05, 3.63) is 48.8 Å². The Morgan fingerprint density at radius 1 is 1.35 bits per heavy atom. The number of hydrogen-bond donors (Lipinski definition) is 1. The number of likely N-dealkylation sites (tertiary alicyclic amines) is 1. The van der Waals surface area contributed by atoms with Crippen LogP contribution in [0.25, 0.3) is 11.3 Å². The molecule has 2 aromatic rings. The molecule has 1 aromatic heterocycles. The number of halogens is 1. The SMILES string of the molecule is C=CC(=O)N1CCCC(C(=O)Nc2cc(-c3ccc(F)cc3)n(C)n2)C1. The molecule has 26 heavy (non-hydrogen) atoms. The van der Waals surface area contributed by atoms with Crippen LogP contribution in [0.1, 0.15) is 12.8 Å². The molecule has 1 atom stereocenters. The van der Waals surface area contributed by atoms with E-state index in [1.807, 2.05) is 0 Å². The lowest BCUT2D eigenvalue weighted by Gasteiger charge is -2.31. The Morgan fingerprint density at radius 3 is 2.77 bits per heavy atom. The summed E-state index contributed by atoms with van der Waals surface area (Å²) in [5, 5.41) is 7.13. The van der Waals surface area contributed by atoms with Crippen LogP contribution >= 0.6 is 0 Å². The molecule has 7 heteroatoms. The highest BCUT2D eigenvalue weighted by atomic mass is 19.1. The van der Waals surface area contributed by atoms with Crippen molar-refractivity contribution in [2.24, 2.45) is 13.0 Å². The molecule has 1 saturated heterocycles. The van der Waals surface area contributed by atoms with Crippen molar-refractivity contribution >= 4 is 17.6 Å². The van der Waals surface area contributed by atoms with E-state index in [9.17, 15) is 14.0 Å². The van der Waals surface area contributed by atoms with Crippen LogP contribution in [0, 0.1) is 11.7 Å². The van der Waals surface area contributed by atoms with Crippen molar-refractivity contribution < 1.29 is 14.0 Å². The number of hydrogen-bond acceptors (Lipinski definition) is 3. The number of carbonyl (C=O) groups is 2. The van der Waals surface area contributed by atoms with Gasteiger partial charge in [0.25, 0.3) is 0 Å². The molecule has 1 aromatic carbocycles. The minimum Gasteiger partial charge on any atom is -0.338 e. The molecule has 1 fully saturated rings. The smallest absolute Gasteiger partial charge is 0.245 e. The van der Waals surface area contributed by atoms with E-state index in [2.05, 4.69) is 17.0 Å². The van der Waals surface area contributed by atoms with Crippen LogP contribution in [0.15, 0.2) is 43.0 Å². The highest BCUT2D eigenvalue weighted by Crippen LogP contribution is 2.24. The van der Waals surface area contributed by atoms with Gasteiger partial charge in [0.05, 0.1) is 11.6 Å². The molecule has 0 radical (unpaired) electrons. The van der Waals surface area contributed by atoms with Gasteiger partial charge in [-0.2, -0.15) is 5.10 Å². The van der Waals surface area contributed by atoms with Gasteiger partial charge in [-0.05, 0) is 43.2 Å². The molecule has 0 saturated carbocycles. The number of aromatic nitrogens is 2. The minimum atomic E-state index is -0.305. The first-order valence-electron chi connectivity index (χ1n) is 8.50. The first kappa shape index (κ1) is 17.8.